The standard InChI is InChI=1S/C18H23O4PS/c1-12-6-8-14(9-7-12)23(21,22-5)11-13-10-15(18(2,3)4)24-16(13)17(19)20/h6-10H,11H2,1-5H3,(H,19,20). The lowest BCUT2D eigenvalue weighted by Gasteiger charge is -2.17. The van der Waals surface area contributed by atoms with Crippen molar-refractivity contribution in [2.24, 2.45) is 0 Å². The lowest BCUT2D eigenvalue weighted by molar-refractivity contribution is 0.0701. The second kappa shape index (κ2) is 6.83. The third-order valence-corrected chi connectivity index (χ3v) is 7.87. The SMILES string of the molecule is COP(=O)(Cc1cc(C(C)(C)C)sc1C(=O)O)c1ccc(C)cc1. The minimum absolute atomic E-state index is 0.0841. The van der Waals surface area contributed by atoms with Gasteiger partial charge in [0.15, 0.2) is 0 Å². The predicted molar refractivity (Wildman–Crippen MR) is 99.1 cm³/mol. The van der Waals surface area contributed by atoms with E-state index in [9.17, 15) is 14.5 Å². The van der Waals surface area contributed by atoms with E-state index in [0.717, 1.165) is 10.4 Å². The van der Waals surface area contributed by atoms with Gasteiger partial charge in [-0.05, 0) is 36.1 Å². The smallest absolute Gasteiger partial charge is 0.346 e. The van der Waals surface area contributed by atoms with Crippen LogP contribution in [0.15, 0.2) is 30.3 Å². The maximum Gasteiger partial charge on any atom is 0.346 e. The van der Waals surface area contributed by atoms with Crippen molar-refractivity contribution in [2.45, 2.75) is 39.3 Å². The minimum atomic E-state index is -3.16. The highest BCUT2D eigenvalue weighted by Crippen LogP contribution is 2.50. The fraction of sp³-hybridized carbons (Fsp3) is 0.389. The maximum absolute atomic E-state index is 13.3. The number of thiophene rings is 1. The molecular formula is C18H23O4PS. The fourth-order valence-corrected chi connectivity index (χ4v) is 5.36. The molecule has 2 rings (SSSR count). The molecule has 0 spiro atoms. The van der Waals surface area contributed by atoms with E-state index >= 15 is 0 Å². The molecule has 0 saturated heterocycles. The zero-order valence-corrected chi connectivity index (χ0v) is 16.3. The van der Waals surface area contributed by atoms with Crippen molar-refractivity contribution in [1.29, 1.82) is 0 Å². The van der Waals surface area contributed by atoms with E-state index in [1.165, 1.54) is 18.4 Å². The summed E-state index contributed by atoms with van der Waals surface area (Å²) >= 11 is 1.25. The van der Waals surface area contributed by atoms with Crippen molar-refractivity contribution >= 4 is 30.0 Å². The average molecular weight is 366 g/mol. The van der Waals surface area contributed by atoms with Gasteiger partial charge in [0.1, 0.15) is 4.88 Å². The Labute approximate surface area is 146 Å². The van der Waals surface area contributed by atoms with Crippen molar-refractivity contribution in [2.75, 3.05) is 7.11 Å². The largest absolute Gasteiger partial charge is 0.477 e. The number of carboxylic acid groups (broad SMARTS) is 1. The molecule has 2 aromatic rings. The second-order valence-electron chi connectivity index (χ2n) is 6.87. The molecule has 0 aliphatic rings. The minimum Gasteiger partial charge on any atom is -0.477 e. The molecule has 0 aliphatic carbocycles. The first-order valence-corrected chi connectivity index (χ1v) is 10.3. The summed E-state index contributed by atoms with van der Waals surface area (Å²) < 4.78 is 18.7. The Hall–Kier alpha value is -1.42. The molecule has 1 aromatic heterocycles. The van der Waals surface area contributed by atoms with Gasteiger partial charge in [0.25, 0.3) is 0 Å². The van der Waals surface area contributed by atoms with Crippen LogP contribution in [0.3, 0.4) is 0 Å². The first kappa shape index (κ1) is 18.9. The van der Waals surface area contributed by atoms with Gasteiger partial charge in [0.2, 0.25) is 7.37 Å². The predicted octanol–water partition coefficient (Wildman–Crippen LogP) is 4.80. The normalized spacial score (nSPS) is 14.4. The van der Waals surface area contributed by atoms with Crippen molar-refractivity contribution in [1.82, 2.24) is 0 Å². The zero-order chi connectivity index (χ0) is 18.1. The maximum atomic E-state index is 13.3. The van der Waals surface area contributed by atoms with Gasteiger partial charge in [-0.3, -0.25) is 4.57 Å². The molecular weight excluding hydrogens is 343 g/mol. The Morgan fingerprint density at radius 3 is 2.29 bits per heavy atom. The summed E-state index contributed by atoms with van der Waals surface area (Å²) in [7, 11) is -1.74. The zero-order valence-electron chi connectivity index (χ0n) is 14.6. The van der Waals surface area contributed by atoms with E-state index in [0.29, 0.717) is 10.9 Å². The van der Waals surface area contributed by atoms with E-state index in [-0.39, 0.29) is 16.5 Å². The molecule has 0 fully saturated rings. The Bertz CT molecular complexity index is 784. The van der Waals surface area contributed by atoms with Crippen LogP contribution in [-0.2, 0) is 20.7 Å². The van der Waals surface area contributed by atoms with Crippen LogP contribution in [0, 0.1) is 6.92 Å². The van der Waals surface area contributed by atoms with Crippen molar-refractivity contribution in [3.63, 3.8) is 0 Å². The van der Waals surface area contributed by atoms with Crippen LogP contribution in [0.5, 0.6) is 0 Å². The highest BCUT2D eigenvalue weighted by molar-refractivity contribution is 7.66. The number of aryl methyl sites for hydroxylation is 1. The van der Waals surface area contributed by atoms with Crippen LogP contribution in [0.2, 0.25) is 0 Å². The topological polar surface area (TPSA) is 63.6 Å². The summed E-state index contributed by atoms with van der Waals surface area (Å²) in [5.74, 6) is -0.989. The van der Waals surface area contributed by atoms with Crippen LogP contribution >= 0.6 is 18.7 Å². The van der Waals surface area contributed by atoms with Gasteiger partial charge in [0.05, 0.1) is 6.16 Å². The van der Waals surface area contributed by atoms with Gasteiger partial charge >= 0.3 is 5.97 Å². The Morgan fingerprint density at radius 1 is 1.25 bits per heavy atom. The molecule has 1 aromatic carbocycles. The number of carbonyl (C=O) groups is 1. The number of benzene rings is 1. The molecule has 0 bridgehead atoms. The molecule has 6 heteroatoms. The van der Waals surface area contributed by atoms with Gasteiger partial charge in [-0.15, -0.1) is 11.3 Å². The van der Waals surface area contributed by atoms with Gasteiger partial charge in [-0.25, -0.2) is 4.79 Å². The number of hydrogen-bond donors (Lipinski definition) is 1. The first-order valence-electron chi connectivity index (χ1n) is 7.65. The van der Waals surface area contributed by atoms with E-state index in [2.05, 4.69) is 0 Å². The van der Waals surface area contributed by atoms with Gasteiger partial charge in [0, 0.05) is 17.3 Å². The molecule has 130 valence electrons. The molecule has 24 heavy (non-hydrogen) atoms. The molecule has 1 atom stereocenters. The number of hydrogen-bond acceptors (Lipinski definition) is 4. The second-order valence-corrected chi connectivity index (χ2v) is 10.5. The molecule has 0 aliphatic heterocycles. The lowest BCUT2D eigenvalue weighted by atomic mass is 9.94. The highest BCUT2D eigenvalue weighted by atomic mass is 32.1. The molecule has 0 amide bonds. The Morgan fingerprint density at radius 2 is 1.83 bits per heavy atom. The highest BCUT2D eigenvalue weighted by Gasteiger charge is 2.30. The summed E-state index contributed by atoms with van der Waals surface area (Å²) in [5, 5.41) is 10.1. The summed E-state index contributed by atoms with van der Waals surface area (Å²) in [6, 6.07) is 9.20. The third-order valence-electron chi connectivity index (χ3n) is 3.84. The molecule has 1 unspecified atom stereocenters. The van der Waals surface area contributed by atoms with E-state index in [1.807, 2.05) is 45.9 Å². The first-order chi connectivity index (χ1) is 11.1. The van der Waals surface area contributed by atoms with Crippen molar-refractivity contribution in [3.05, 3.63) is 51.2 Å². The van der Waals surface area contributed by atoms with Crippen LogP contribution in [0.1, 0.15) is 46.4 Å². The van der Waals surface area contributed by atoms with Gasteiger partial charge in [-0.1, -0.05) is 38.5 Å². The summed E-state index contributed by atoms with van der Waals surface area (Å²) in [4.78, 5) is 12.8. The summed E-state index contributed by atoms with van der Waals surface area (Å²) in [5.41, 5.74) is 1.48. The van der Waals surface area contributed by atoms with Crippen LogP contribution < -0.4 is 5.30 Å². The van der Waals surface area contributed by atoms with Crippen LogP contribution in [0.25, 0.3) is 0 Å². The summed E-state index contributed by atoms with van der Waals surface area (Å²) in [6.45, 7) is 8.05. The van der Waals surface area contributed by atoms with E-state index in [4.69, 9.17) is 4.52 Å². The average Bonchev–Trinajstić information content (AvgIpc) is 2.91. The van der Waals surface area contributed by atoms with Crippen molar-refractivity contribution in [3.8, 4) is 0 Å². The quantitative estimate of drug-likeness (QED) is 0.772. The lowest BCUT2D eigenvalue weighted by Crippen LogP contribution is -2.10. The van der Waals surface area contributed by atoms with Crippen molar-refractivity contribution < 1.29 is 19.0 Å². The molecule has 4 nitrogen and oxygen atoms in total. The molecule has 1 N–H and O–H groups in total. The molecule has 0 saturated carbocycles. The third kappa shape index (κ3) is 3.97. The molecule has 0 radical (unpaired) electrons. The number of rotatable bonds is 5. The van der Waals surface area contributed by atoms with Crippen LogP contribution in [-0.4, -0.2) is 18.2 Å². The Kier molecular flexibility index (Phi) is 5.38. The van der Waals surface area contributed by atoms with Gasteiger partial charge in [-0.2, -0.15) is 0 Å². The van der Waals surface area contributed by atoms with E-state index in [1.54, 1.807) is 12.1 Å². The van der Waals surface area contributed by atoms with Gasteiger partial charge < -0.3 is 9.63 Å². The van der Waals surface area contributed by atoms with E-state index < -0.39 is 13.3 Å². The Balaban J connectivity index is 2.47. The fourth-order valence-electron chi connectivity index (χ4n) is 2.35. The monoisotopic (exact) mass is 366 g/mol. The summed E-state index contributed by atoms with van der Waals surface area (Å²) in [6.07, 6.45) is 0.0841. The molecule has 1 heterocycles. The number of aromatic carboxylic acids is 1. The number of carboxylic acids is 1. The van der Waals surface area contributed by atoms with Crippen LogP contribution in [0.4, 0.5) is 0 Å².